The second-order valence-corrected chi connectivity index (χ2v) is 7.14. The van der Waals surface area contributed by atoms with Gasteiger partial charge >= 0.3 is 0 Å². The maximum Gasteiger partial charge on any atom is 0.252 e. The number of carbonyl (C=O) groups is 2. The molecular weight excluding hydrogens is 444 g/mol. The van der Waals surface area contributed by atoms with Crippen LogP contribution in [0.2, 0.25) is 5.02 Å². The molecule has 1 aromatic heterocycles. The standard InChI is InChI=1S/C22H20ClF2N3O4/c1-31-9-8-26-22(30)15-5-3-14(11-17(15)23)28-20(29)6-7-21-27-12-19(32-21)16-4-2-13(24)10-18(16)25/h2-5,10-12H,6-9H2,1H3,(H,26,30)(H,28,29). The molecule has 0 radical (unpaired) electrons. The highest BCUT2D eigenvalue weighted by Gasteiger charge is 2.14. The van der Waals surface area contributed by atoms with Gasteiger partial charge in [-0.05, 0) is 30.3 Å². The first-order valence-electron chi connectivity index (χ1n) is 9.64. The van der Waals surface area contributed by atoms with E-state index in [-0.39, 0.29) is 52.5 Å². The lowest BCUT2D eigenvalue weighted by atomic mass is 10.2. The molecule has 3 rings (SSSR count). The quantitative estimate of drug-likeness (QED) is 0.463. The zero-order valence-electron chi connectivity index (χ0n) is 17.1. The van der Waals surface area contributed by atoms with E-state index in [1.807, 2.05) is 0 Å². The number of anilines is 1. The molecule has 10 heteroatoms. The van der Waals surface area contributed by atoms with Crippen LogP contribution < -0.4 is 10.6 Å². The highest BCUT2D eigenvalue weighted by Crippen LogP contribution is 2.25. The first-order valence-corrected chi connectivity index (χ1v) is 10.0. The van der Waals surface area contributed by atoms with Crippen LogP contribution in [0.1, 0.15) is 22.7 Å². The van der Waals surface area contributed by atoms with Gasteiger partial charge in [0.1, 0.15) is 11.6 Å². The minimum atomic E-state index is -0.766. The Hall–Kier alpha value is -3.30. The second-order valence-electron chi connectivity index (χ2n) is 6.73. The highest BCUT2D eigenvalue weighted by molar-refractivity contribution is 6.34. The van der Waals surface area contributed by atoms with Gasteiger partial charge in [0.2, 0.25) is 5.91 Å². The monoisotopic (exact) mass is 463 g/mol. The number of aryl methyl sites for hydroxylation is 1. The van der Waals surface area contributed by atoms with Crippen molar-refractivity contribution in [1.82, 2.24) is 10.3 Å². The van der Waals surface area contributed by atoms with Crippen LogP contribution in [0.4, 0.5) is 14.5 Å². The predicted molar refractivity (Wildman–Crippen MR) is 114 cm³/mol. The molecule has 32 heavy (non-hydrogen) atoms. The van der Waals surface area contributed by atoms with Gasteiger partial charge in [-0.25, -0.2) is 13.8 Å². The number of methoxy groups -OCH3 is 1. The maximum atomic E-state index is 13.9. The number of carbonyl (C=O) groups excluding carboxylic acids is 2. The zero-order chi connectivity index (χ0) is 23.1. The highest BCUT2D eigenvalue weighted by atomic mass is 35.5. The van der Waals surface area contributed by atoms with Crippen LogP contribution >= 0.6 is 11.6 Å². The Morgan fingerprint density at radius 3 is 2.72 bits per heavy atom. The van der Waals surface area contributed by atoms with Crippen LogP contribution in [0.25, 0.3) is 11.3 Å². The first kappa shape index (κ1) is 23.4. The van der Waals surface area contributed by atoms with Gasteiger partial charge in [0.25, 0.3) is 5.91 Å². The van der Waals surface area contributed by atoms with E-state index >= 15 is 0 Å². The van der Waals surface area contributed by atoms with E-state index in [0.29, 0.717) is 18.8 Å². The number of hydrogen-bond donors (Lipinski definition) is 2. The van der Waals surface area contributed by atoms with Gasteiger partial charge in [-0.3, -0.25) is 9.59 Å². The van der Waals surface area contributed by atoms with Crippen molar-refractivity contribution < 1.29 is 27.5 Å². The normalized spacial score (nSPS) is 10.8. The fraction of sp³-hybridized carbons (Fsp3) is 0.227. The number of halogens is 3. The Morgan fingerprint density at radius 1 is 1.19 bits per heavy atom. The van der Waals surface area contributed by atoms with Gasteiger partial charge < -0.3 is 19.8 Å². The van der Waals surface area contributed by atoms with Crippen LogP contribution in [0, 0.1) is 11.6 Å². The Kier molecular flexibility index (Phi) is 7.91. The number of oxazole rings is 1. The van der Waals surface area contributed by atoms with Crippen molar-refractivity contribution in [2.75, 3.05) is 25.6 Å². The van der Waals surface area contributed by atoms with Gasteiger partial charge in [-0.15, -0.1) is 0 Å². The fourth-order valence-corrected chi connectivity index (χ4v) is 3.09. The van der Waals surface area contributed by atoms with Crippen molar-refractivity contribution in [3.05, 3.63) is 70.7 Å². The minimum absolute atomic E-state index is 0.0444. The van der Waals surface area contributed by atoms with Gasteiger partial charge in [0, 0.05) is 38.2 Å². The maximum absolute atomic E-state index is 13.9. The third-order valence-electron chi connectivity index (χ3n) is 4.41. The Labute approximate surface area is 187 Å². The molecule has 2 amide bonds. The number of benzene rings is 2. The summed E-state index contributed by atoms with van der Waals surface area (Å²) in [5.41, 5.74) is 0.784. The van der Waals surface area contributed by atoms with E-state index in [1.54, 1.807) is 6.07 Å². The molecule has 0 unspecified atom stereocenters. The molecule has 168 valence electrons. The van der Waals surface area contributed by atoms with Gasteiger partial charge in [0.15, 0.2) is 11.7 Å². The third-order valence-corrected chi connectivity index (χ3v) is 4.72. The number of aromatic nitrogens is 1. The molecule has 7 nitrogen and oxygen atoms in total. The minimum Gasteiger partial charge on any atom is -0.441 e. The zero-order valence-corrected chi connectivity index (χ0v) is 17.8. The number of amides is 2. The summed E-state index contributed by atoms with van der Waals surface area (Å²) in [5.74, 6) is -1.75. The number of nitrogens with zero attached hydrogens (tertiary/aromatic N) is 1. The van der Waals surface area contributed by atoms with E-state index in [2.05, 4.69) is 15.6 Å². The number of ether oxygens (including phenoxy) is 1. The SMILES string of the molecule is COCCNC(=O)c1ccc(NC(=O)CCc2ncc(-c3ccc(F)cc3F)o2)cc1Cl. The van der Waals surface area contributed by atoms with Gasteiger partial charge in [0.05, 0.1) is 29.0 Å². The summed E-state index contributed by atoms with van der Waals surface area (Å²) in [6.45, 7) is 0.725. The van der Waals surface area contributed by atoms with Crippen molar-refractivity contribution in [1.29, 1.82) is 0 Å². The van der Waals surface area contributed by atoms with Gasteiger partial charge in [-0.1, -0.05) is 11.6 Å². The van der Waals surface area contributed by atoms with Crippen LogP contribution in [-0.2, 0) is 16.0 Å². The van der Waals surface area contributed by atoms with Crippen molar-refractivity contribution in [3.63, 3.8) is 0 Å². The largest absolute Gasteiger partial charge is 0.441 e. The van der Waals surface area contributed by atoms with Crippen molar-refractivity contribution in [2.45, 2.75) is 12.8 Å². The second kappa shape index (κ2) is 10.8. The molecule has 0 aliphatic heterocycles. The average molecular weight is 464 g/mol. The molecule has 1 heterocycles. The van der Waals surface area contributed by atoms with Crippen LogP contribution in [0.3, 0.4) is 0 Å². The summed E-state index contributed by atoms with van der Waals surface area (Å²) in [6.07, 6.45) is 1.53. The summed E-state index contributed by atoms with van der Waals surface area (Å²) in [5, 5.41) is 5.53. The Bertz CT molecular complexity index is 1120. The molecule has 3 aromatic rings. The molecule has 0 atom stereocenters. The summed E-state index contributed by atoms with van der Waals surface area (Å²) in [7, 11) is 1.53. The molecule has 0 spiro atoms. The summed E-state index contributed by atoms with van der Waals surface area (Å²) < 4.78 is 37.2. The number of nitrogens with one attached hydrogen (secondary N) is 2. The summed E-state index contributed by atoms with van der Waals surface area (Å²) in [6, 6.07) is 7.68. The number of rotatable bonds is 9. The molecule has 0 saturated carbocycles. The average Bonchev–Trinajstić information content (AvgIpc) is 3.21. The van der Waals surface area contributed by atoms with E-state index in [1.165, 1.54) is 31.5 Å². The number of hydrogen-bond acceptors (Lipinski definition) is 5. The Morgan fingerprint density at radius 2 is 2.00 bits per heavy atom. The molecule has 0 aliphatic carbocycles. The molecule has 0 aliphatic rings. The molecular formula is C22H20ClF2N3O4. The van der Waals surface area contributed by atoms with Crippen molar-refractivity contribution in [2.24, 2.45) is 0 Å². The topological polar surface area (TPSA) is 93.5 Å². The first-order chi connectivity index (χ1) is 15.4. The van der Waals surface area contributed by atoms with Crippen LogP contribution in [-0.4, -0.2) is 37.1 Å². The molecule has 0 saturated heterocycles. The Balaban J connectivity index is 1.54. The van der Waals surface area contributed by atoms with Gasteiger partial charge in [-0.2, -0.15) is 0 Å². The lowest BCUT2D eigenvalue weighted by Gasteiger charge is -2.09. The molecule has 2 aromatic carbocycles. The van der Waals surface area contributed by atoms with E-state index in [9.17, 15) is 18.4 Å². The molecule has 0 bridgehead atoms. The predicted octanol–water partition coefficient (Wildman–Crippen LogP) is 4.22. The van der Waals surface area contributed by atoms with Crippen molar-refractivity contribution in [3.8, 4) is 11.3 Å². The fourth-order valence-electron chi connectivity index (χ4n) is 2.82. The molecule has 0 fully saturated rings. The lowest BCUT2D eigenvalue weighted by Crippen LogP contribution is -2.27. The van der Waals surface area contributed by atoms with E-state index in [4.69, 9.17) is 20.8 Å². The van der Waals surface area contributed by atoms with Crippen LogP contribution in [0.5, 0.6) is 0 Å². The smallest absolute Gasteiger partial charge is 0.252 e. The molecule has 2 N–H and O–H groups in total. The van der Waals surface area contributed by atoms with Crippen LogP contribution in [0.15, 0.2) is 47.0 Å². The summed E-state index contributed by atoms with van der Waals surface area (Å²) in [4.78, 5) is 28.3. The summed E-state index contributed by atoms with van der Waals surface area (Å²) >= 11 is 6.15. The van der Waals surface area contributed by atoms with E-state index in [0.717, 1.165) is 12.1 Å². The van der Waals surface area contributed by atoms with E-state index < -0.39 is 11.6 Å². The third kappa shape index (κ3) is 6.12. The van der Waals surface area contributed by atoms with Crippen molar-refractivity contribution >= 4 is 29.1 Å². The lowest BCUT2D eigenvalue weighted by molar-refractivity contribution is -0.116.